The molecule has 0 aromatic heterocycles. The van der Waals surface area contributed by atoms with Gasteiger partial charge >= 0.3 is 0 Å². The number of hydrogen-bond donors (Lipinski definition) is 1. The van der Waals surface area contributed by atoms with E-state index in [1.165, 1.54) is 45.2 Å². The second kappa shape index (κ2) is 8.10. The van der Waals surface area contributed by atoms with Gasteiger partial charge in [-0.3, -0.25) is 0 Å². The monoisotopic (exact) mass is 240 g/mol. The zero-order chi connectivity index (χ0) is 12.7. The molecule has 1 aliphatic rings. The van der Waals surface area contributed by atoms with Crippen molar-refractivity contribution < 1.29 is 0 Å². The molecule has 1 aliphatic carbocycles. The molecule has 0 heterocycles. The predicted molar refractivity (Wildman–Crippen MR) is 76.4 cm³/mol. The van der Waals surface area contributed by atoms with E-state index in [9.17, 15) is 0 Å². The third kappa shape index (κ3) is 5.39. The lowest BCUT2D eigenvalue weighted by Gasteiger charge is -2.35. The Bertz CT molecular complexity index is 191. The van der Waals surface area contributed by atoms with Crippen LogP contribution < -0.4 is 5.32 Å². The van der Waals surface area contributed by atoms with Gasteiger partial charge in [0, 0.05) is 19.1 Å². The van der Waals surface area contributed by atoms with Gasteiger partial charge in [0.05, 0.1) is 0 Å². The lowest BCUT2D eigenvalue weighted by atomic mass is 9.84. The maximum absolute atomic E-state index is 3.68. The molecule has 3 atom stereocenters. The Morgan fingerprint density at radius 2 is 1.94 bits per heavy atom. The molecule has 1 saturated carbocycles. The quantitative estimate of drug-likeness (QED) is 0.735. The second-order valence-electron chi connectivity index (χ2n) is 5.94. The molecule has 0 radical (unpaired) electrons. The second-order valence-corrected chi connectivity index (χ2v) is 5.94. The van der Waals surface area contributed by atoms with E-state index >= 15 is 0 Å². The molecule has 1 rings (SSSR count). The topological polar surface area (TPSA) is 15.3 Å². The first-order valence-corrected chi connectivity index (χ1v) is 7.59. The molecule has 17 heavy (non-hydrogen) atoms. The number of rotatable bonds is 7. The molecule has 1 fully saturated rings. The maximum Gasteiger partial charge on any atom is 0.0107 e. The molecule has 1 N–H and O–H groups in total. The van der Waals surface area contributed by atoms with Gasteiger partial charge in [-0.2, -0.15) is 0 Å². The van der Waals surface area contributed by atoms with Crippen LogP contribution in [0.25, 0.3) is 0 Å². The molecule has 0 saturated heterocycles. The molecule has 0 bridgehead atoms. The Balaban J connectivity index is 2.35. The molecule has 0 spiro atoms. The van der Waals surface area contributed by atoms with Gasteiger partial charge in [0.2, 0.25) is 0 Å². The molecule has 2 nitrogen and oxygen atoms in total. The minimum atomic E-state index is 0.771. The van der Waals surface area contributed by atoms with Crippen molar-refractivity contribution in [2.45, 2.75) is 58.9 Å². The molecule has 0 aromatic rings. The van der Waals surface area contributed by atoms with Crippen LogP contribution in [0.4, 0.5) is 0 Å². The summed E-state index contributed by atoms with van der Waals surface area (Å²) in [6, 6.07) is 0.771. The van der Waals surface area contributed by atoms with Crippen molar-refractivity contribution in [3.8, 4) is 0 Å². The highest BCUT2D eigenvalue weighted by Crippen LogP contribution is 2.25. The Hall–Kier alpha value is -0.0800. The fourth-order valence-electron chi connectivity index (χ4n) is 3.09. The summed E-state index contributed by atoms with van der Waals surface area (Å²) in [4.78, 5) is 2.55. The van der Waals surface area contributed by atoms with Gasteiger partial charge in [-0.05, 0) is 38.3 Å². The van der Waals surface area contributed by atoms with E-state index in [2.05, 4.69) is 38.0 Å². The van der Waals surface area contributed by atoms with E-state index in [0.29, 0.717) is 0 Å². The lowest BCUT2D eigenvalue weighted by Crippen LogP contribution is -2.44. The first-order valence-electron chi connectivity index (χ1n) is 7.59. The summed E-state index contributed by atoms with van der Waals surface area (Å²) >= 11 is 0. The average molecular weight is 240 g/mol. The summed E-state index contributed by atoms with van der Waals surface area (Å²) in [6.45, 7) is 10.5. The molecular formula is C15H32N2. The summed E-state index contributed by atoms with van der Waals surface area (Å²) < 4.78 is 0. The molecule has 102 valence electrons. The van der Waals surface area contributed by atoms with E-state index in [-0.39, 0.29) is 0 Å². The van der Waals surface area contributed by atoms with Crippen LogP contribution in [0.15, 0.2) is 0 Å². The van der Waals surface area contributed by atoms with Gasteiger partial charge < -0.3 is 10.2 Å². The number of nitrogens with one attached hydrogen (secondary N) is 1. The van der Waals surface area contributed by atoms with Crippen LogP contribution in [-0.4, -0.2) is 37.6 Å². The van der Waals surface area contributed by atoms with Crippen molar-refractivity contribution in [3.63, 3.8) is 0 Å². The Morgan fingerprint density at radius 1 is 1.24 bits per heavy atom. The van der Waals surface area contributed by atoms with Crippen LogP contribution in [0.5, 0.6) is 0 Å². The van der Waals surface area contributed by atoms with Crippen molar-refractivity contribution in [2.75, 3.05) is 26.7 Å². The van der Waals surface area contributed by atoms with Crippen molar-refractivity contribution >= 4 is 0 Å². The largest absolute Gasteiger partial charge is 0.314 e. The van der Waals surface area contributed by atoms with Gasteiger partial charge in [-0.1, -0.05) is 40.0 Å². The van der Waals surface area contributed by atoms with E-state index in [4.69, 9.17) is 0 Å². The van der Waals surface area contributed by atoms with Gasteiger partial charge in [0.1, 0.15) is 0 Å². The zero-order valence-electron chi connectivity index (χ0n) is 12.3. The predicted octanol–water partition coefficient (Wildman–Crippen LogP) is 3.13. The summed E-state index contributed by atoms with van der Waals surface area (Å²) in [5.74, 6) is 1.71. The minimum absolute atomic E-state index is 0.771. The van der Waals surface area contributed by atoms with Crippen molar-refractivity contribution in [3.05, 3.63) is 0 Å². The van der Waals surface area contributed by atoms with Crippen LogP contribution in [0.3, 0.4) is 0 Å². The highest BCUT2D eigenvalue weighted by atomic mass is 15.1. The maximum atomic E-state index is 3.68. The summed E-state index contributed by atoms with van der Waals surface area (Å²) in [5.41, 5.74) is 0. The highest BCUT2D eigenvalue weighted by Gasteiger charge is 2.25. The smallest absolute Gasteiger partial charge is 0.0107 e. The van der Waals surface area contributed by atoms with Gasteiger partial charge in [-0.15, -0.1) is 0 Å². The van der Waals surface area contributed by atoms with Crippen LogP contribution in [0.2, 0.25) is 0 Å². The van der Waals surface area contributed by atoms with Crippen LogP contribution >= 0.6 is 0 Å². The van der Waals surface area contributed by atoms with Crippen LogP contribution in [-0.2, 0) is 0 Å². The number of nitrogens with zero attached hydrogens (tertiary/aromatic N) is 1. The van der Waals surface area contributed by atoms with Gasteiger partial charge in [0.15, 0.2) is 0 Å². The molecule has 2 heteroatoms. The molecule has 0 amide bonds. The molecule has 0 aliphatic heterocycles. The van der Waals surface area contributed by atoms with Crippen molar-refractivity contribution in [2.24, 2.45) is 11.8 Å². The minimum Gasteiger partial charge on any atom is -0.314 e. The molecular weight excluding hydrogens is 208 g/mol. The SMILES string of the molecule is CCNC1CCCCC1CN(C)CC(C)CC. The van der Waals surface area contributed by atoms with Crippen molar-refractivity contribution in [1.29, 1.82) is 0 Å². The molecule has 3 unspecified atom stereocenters. The Morgan fingerprint density at radius 3 is 2.59 bits per heavy atom. The first kappa shape index (κ1) is 15.0. The van der Waals surface area contributed by atoms with Crippen LogP contribution in [0, 0.1) is 11.8 Å². The molecule has 0 aromatic carbocycles. The standard InChI is InChI=1S/C15H32N2/c1-5-13(3)11-17(4)12-14-9-7-8-10-15(14)16-6-2/h13-16H,5-12H2,1-4H3. The third-order valence-corrected chi connectivity index (χ3v) is 4.24. The van der Waals surface area contributed by atoms with E-state index in [1.807, 2.05) is 0 Å². The van der Waals surface area contributed by atoms with E-state index in [1.54, 1.807) is 0 Å². The van der Waals surface area contributed by atoms with E-state index in [0.717, 1.165) is 24.4 Å². The van der Waals surface area contributed by atoms with Crippen LogP contribution in [0.1, 0.15) is 52.9 Å². The van der Waals surface area contributed by atoms with E-state index < -0.39 is 0 Å². The fourth-order valence-corrected chi connectivity index (χ4v) is 3.09. The summed E-state index contributed by atoms with van der Waals surface area (Å²) in [5, 5.41) is 3.68. The third-order valence-electron chi connectivity index (χ3n) is 4.24. The highest BCUT2D eigenvalue weighted by molar-refractivity contribution is 4.82. The fraction of sp³-hybridized carbons (Fsp3) is 1.00. The van der Waals surface area contributed by atoms with Gasteiger partial charge in [-0.25, -0.2) is 0 Å². The summed E-state index contributed by atoms with van der Waals surface area (Å²) in [7, 11) is 2.30. The number of hydrogen-bond acceptors (Lipinski definition) is 2. The van der Waals surface area contributed by atoms with Gasteiger partial charge in [0.25, 0.3) is 0 Å². The van der Waals surface area contributed by atoms with Crippen molar-refractivity contribution in [1.82, 2.24) is 10.2 Å². The first-order chi connectivity index (χ1) is 8.17. The average Bonchev–Trinajstić information content (AvgIpc) is 2.31. The zero-order valence-corrected chi connectivity index (χ0v) is 12.3. The lowest BCUT2D eigenvalue weighted by molar-refractivity contribution is 0.177. The Kier molecular flexibility index (Phi) is 7.14. The normalized spacial score (nSPS) is 27.4. The Labute approximate surface area is 108 Å². The summed E-state index contributed by atoms with van der Waals surface area (Å²) in [6.07, 6.45) is 6.96.